The van der Waals surface area contributed by atoms with Gasteiger partial charge in [0.15, 0.2) is 0 Å². The summed E-state index contributed by atoms with van der Waals surface area (Å²) >= 11 is 0. The van der Waals surface area contributed by atoms with Crippen molar-refractivity contribution in [3.63, 3.8) is 0 Å². The SMILES string of the molecule is CCNc1nc(C2CC2)nc(N(CC)CC)n1. The molecule has 5 nitrogen and oxygen atoms in total. The number of hydrogen-bond donors (Lipinski definition) is 1. The van der Waals surface area contributed by atoms with Gasteiger partial charge in [-0.15, -0.1) is 0 Å². The van der Waals surface area contributed by atoms with E-state index in [0.717, 1.165) is 31.4 Å². The Bertz CT molecular complexity index is 371. The highest BCUT2D eigenvalue weighted by atomic mass is 15.3. The molecule has 5 heteroatoms. The predicted molar refractivity (Wildman–Crippen MR) is 69.5 cm³/mol. The molecule has 1 heterocycles. The van der Waals surface area contributed by atoms with Gasteiger partial charge in [0.2, 0.25) is 11.9 Å². The van der Waals surface area contributed by atoms with E-state index in [1.165, 1.54) is 12.8 Å². The third-order valence-electron chi connectivity index (χ3n) is 2.96. The summed E-state index contributed by atoms with van der Waals surface area (Å²) in [6.45, 7) is 8.99. The average molecular weight is 235 g/mol. The molecule has 2 rings (SSSR count). The van der Waals surface area contributed by atoms with E-state index in [-0.39, 0.29) is 0 Å². The third kappa shape index (κ3) is 2.84. The van der Waals surface area contributed by atoms with Crippen molar-refractivity contribution in [3.05, 3.63) is 5.82 Å². The smallest absolute Gasteiger partial charge is 0.230 e. The molecule has 0 spiro atoms. The number of anilines is 2. The molecule has 1 aromatic rings. The third-order valence-corrected chi connectivity index (χ3v) is 2.96. The van der Waals surface area contributed by atoms with Crippen LogP contribution in [0.2, 0.25) is 0 Å². The minimum Gasteiger partial charge on any atom is -0.354 e. The highest BCUT2D eigenvalue weighted by molar-refractivity contribution is 5.37. The lowest BCUT2D eigenvalue weighted by molar-refractivity contribution is 0.787. The molecular formula is C12H21N5. The first kappa shape index (κ1) is 12.1. The van der Waals surface area contributed by atoms with Crippen molar-refractivity contribution in [1.82, 2.24) is 15.0 Å². The molecule has 0 aromatic carbocycles. The van der Waals surface area contributed by atoms with Crippen LogP contribution >= 0.6 is 0 Å². The number of rotatable bonds is 6. The second kappa shape index (κ2) is 5.29. The van der Waals surface area contributed by atoms with E-state index in [1.807, 2.05) is 0 Å². The summed E-state index contributed by atoms with van der Waals surface area (Å²) in [5.74, 6) is 3.04. The summed E-state index contributed by atoms with van der Waals surface area (Å²) < 4.78 is 0. The summed E-state index contributed by atoms with van der Waals surface area (Å²) in [7, 11) is 0. The van der Waals surface area contributed by atoms with Crippen molar-refractivity contribution in [3.8, 4) is 0 Å². The highest BCUT2D eigenvalue weighted by Crippen LogP contribution is 2.38. The molecule has 1 fully saturated rings. The van der Waals surface area contributed by atoms with Crippen molar-refractivity contribution in [1.29, 1.82) is 0 Å². The van der Waals surface area contributed by atoms with E-state index in [4.69, 9.17) is 0 Å². The Labute approximate surface area is 103 Å². The Hall–Kier alpha value is -1.39. The molecule has 1 aromatic heterocycles. The van der Waals surface area contributed by atoms with E-state index in [1.54, 1.807) is 0 Å². The number of nitrogens with zero attached hydrogens (tertiary/aromatic N) is 4. The highest BCUT2D eigenvalue weighted by Gasteiger charge is 2.28. The van der Waals surface area contributed by atoms with Crippen LogP contribution in [0.3, 0.4) is 0 Å². The number of aromatic nitrogens is 3. The molecule has 0 aliphatic heterocycles. The largest absolute Gasteiger partial charge is 0.354 e. The molecule has 0 saturated heterocycles. The lowest BCUT2D eigenvalue weighted by Gasteiger charge is -2.19. The summed E-state index contributed by atoms with van der Waals surface area (Å²) in [6.07, 6.45) is 2.43. The molecule has 0 radical (unpaired) electrons. The van der Waals surface area contributed by atoms with Gasteiger partial charge in [0, 0.05) is 25.6 Å². The minimum absolute atomic E-state index is 0.560. The van der Waals surface area contributed by atoms with Crippen LogP contribution in [-0.4, -0.2) is 34.6 Å². The van der Waals surface area contributed by atoms with Crippen molar-refractivity contribution in [2.24, 2.45) is 0 Å². The molecule has 17 heavy (non-hydrogen) atoms. The van der Waals surface area contributed by atoms with E-state index in [2.05, 4.69) is 45.9 Å². The van der Waals surface area contributed by atoms with E-state index in [9.17, 15) is 0 Å². The second-order valence-electron chi connectivity index (χ2n) is 4.29. The lowest BCUT2D eigenvalue weighted by atomic mass is 10.4. The fourth-order valence-corrected chi connectivity index (χ4v) is 1.79. The van der Waals surface area contributed by atoms with Crippen LogP contribution in [0.5, 0.6) is 0 Å². The Morgan fingerprint density at radius 2 is 1.82 bits per heavy atom. The summed E-state index contributed by atoms with van der Waals surface area (Å²) in [4.78, 5) is 15.7. The molecule has 1 N–H and O–H groups in total. The lowest BCUT2D eigenvalue weighted by Crippen LogP contribution is -2.25. The van der Waals surface area contributed by atoms with Gasteiger partial charge in [-0.05, 0) is 33.6 Å². The minimum atomic E-state index is 0.560. The van der Waals surface area contributed by atoms with Crippen molar-refractivity contribution in [2.75, 3.05) is 29.9 Å². The van der Waals surface area contributed by atoms with Crippen molar-refractivity contribution < 1.29 is 0 Å². The first-order valence-electron chi connectivity index (χ1n) is 6.53. The maximum Gasteiger partial charge on any atom is 0.230 e. The fraction of sp³-hybridized carbons (Fsp3) is 0.750. The molecule has 1 aliphatic rings. The van der Waals surface area contributed by atoms with Gasteiger partial charge in [-0.1, -0.05) is 0 Å². The van der Waals surface area contributed by atoms with E-state index in [0.29, 0.717) is 11.9 Å². The Balaban J connectivity index is 2.29. The van der Waals surface area contributed by atoms with Gasteiger partial charge >= 0.3 is 0 Å². The maximum absolute atomic E-state index is 4.58. The van der Waals surface area contributed by atoms with Gasteiger partial charge in [-0.2, -0.15) is 15.0 Å². The molecule has 1 aliphatic carbocycles. The topological polar surface area (TPSA) is 53.9 Å². The molecule has 0 unspecified atom stereocenters. The zero-order chi connectivity index (χ0) is 12.3. The molecular weight excluding hydrogens is 214 g/mol. The first-order chi connectivity index (χ1) is 8.28. The van der Waals surface area contributed by atoms with Gasteiger partial charge < -0.3 is 10.2 Å². The summed E-state index contributed by atoms with van der Waals surface area (Å²) in [5.41, 5.74) is 0. The quantitative estimate of drug-likeness (QED) is 0.817. The monoisotopic (exact) mass is 235 g/mol. The van der Waals surface area contributed by atoms with Crippen LogP contribution in [0.1, 0.15) is 45.4 Å². The Kier molecular flexibility index (Phi) is 3.76. The zero-order valence-electron chi connectivity index (χ0n) is 10.9. The van der Waals surface area contributed by atoms with Crippen LogP contribution in [0.4, 0.5) is 11.9 Å². The van der Waals surface area contributed by atoms with Crippen molar-refractivity contribution in [2.45, 2.75) is 39.5 Å². The first-order valence-corrected chi connectivity index (χ1v) is 6.53. The molecule has 0 amide bonds. The number of nitrogens with one attached hydrogen (secondary N) is 1. The molecule has 1 saturated carbocycles. The standard InChI is InChI=1S/C12H21N5/c1-4-13-11-14-10(9-7-8-9)15-12(16-11)17(5-2)6-3/h9H,4-8H2,1-3H3,(H,13,14,15,16). The van der Waals surface area contributed by atoms with Crippen LogP contribution in [0, 0.1) is 0 Å². The van der Waals surface area contributed by atoms with Crippen molar-refractivity contribution >= 4 is 11.9 Å². The second-order valence-corrected chi connectivity index (χ2v) is 4.29. The fourth-order valence-electron chi connectivity index (χ4n) is 1.79. The van der Waals surface area contributed by atoms with Crippen LogP contribution < -0.4 is 10.2 Å². The molecule has 0 bridgehead atoms. The van der Waals surface area contributed by atoms with E-state index >= 15 is 0 Å². The van der Waals surface area contributed by atoms with Gasteiger partial charge in [0.1, 0.15) is 5.82 Å². The Morgan fingerprint density at radius 3 is 2.35 bits per heavy atom. The number of hydrogen-bond acceptors (Lipinski definition) is 5. The van der Waals surface area contributed by atoms with Gasteiger partial charge in [-0.25, -0.2) is 0 Å². The molecule has 0 atom stereocenters. The molecule has 94 valence electrons. The summed E-state index contributed by atoms with van der Waals surface area (Å²) in [5, 5.41) is 3.19. The predicted octanol–water partition coefficient (Wildman–Crippen LogP) is 2.03. The van der Waals surface area contributed by atoms with Gasteiger partial charge in [-0.3, -0.25) is 0 Å². The summed E-state index contributed by atoms with van der Waals surface area (Å²) in [6, 6.07) is 0. The van der Waals surface area contributed by atoms with Gasteiger partial charge in [0.25, 0.3) is 0 Å². The van der Waals surface area contributed by atoms with E-state index < -0.39 is 0 Å². The maximum atomic E-state index is 4.58. The van der Waals surface area contributed by atoms with Crippen LogP contribution in [0.15, 0.2) is 0 Å². The van der Waals surface area contributed by atoms with Gasteiger partial charge in [0.05, 0.1) is 0 Å². The average Bonchev–Trinajstić information content (AvgIpc) is 3.15. The normalized spacial score (nSPS) is 14.8. The van der Waals surface area contributed by atoms with Crippen LogP contribution in [0.25, 0.3) is 0 Å². The Morgan fingerprint density at radius 1 is 1.12 bits per heavy atom. The zero-order valence-corrected chi connectivity index (χ0v) is 10.9. The van der Waals surface area contributed by atoms with Crippen LogP contribution in [-0.2, 0) is 0 Å².